The molecule has 3 aromatic rings. The smallest absolute Gasteiger partial charge is 0.180 e. The minimum Gasteiger partial charge on any atom is -0.346 e. The van der Waals surface area contributed by atoms with E-state index in [0.717, 1.165) is 24.4 Å². The summed E-state index contributed by atoms with van der Waals surface area (Å²) < 4.78 is 1.95. The number of thiophene rings is 1. The van der Waals surface area contributed by atoms with Gasteiger partial charge in [-0.2, -0.15) is 0 Å². The van der Waals surface area contributed by atoms with Gasteiger partial charge in [0.15, 0.2) is 17.3 Å². The van der Waals surface area contributed by atoms with E-state index in [0.29, 0.717) is 11.9 Å². The van der Waals surface area contributed by atoms with E-state index in [1.165, 1.54) is 10.4 Å². The van der Waals surface area contributed by atoms with Gasteiger partial charge in [-0.15, -0.1) is 11.3 Å². The summed E-state index contributed by atoms with van der Waals surface area (Å²) in [5.74, 6) is 7.05. The van der Waals surface area contributed by atoms with Crippen molar-refractivity contribution < 1.29 is 0 Å². The lowest BCUT2D eigenvalue weighted by Crippen LogP contribution is -2.34. The first-order valence-corrected chi connectivity index (χ1v) is 7.79. The first kappa shape index (κ1) is 12.6. The van der Waals surface area contributed by atoms with Gasteiger partial charge in [0, 0.05) is 23.8 Å². The summed E-state index contributed by atoms with van der Waals surface area (Å²) >= 11 is 1.84. The lowest BCUT2D eigenvalue weighted by atomic mass is 10.0. The molecule has 0 spiro atoms. The number of hydrogen-bond donors (Lipinski definition) is 2. The zero-order valence-corrected chi connectivity index (χ0v) is 12.5. The van der Waals surface area contributed by atoms with Gasteiger partial charge in [0.05, 0.1) is 12.2 Å². The Bertz CT molecular complexity index is 792. The average Bonchev–Trinajstić information content (AvgIpc) is 3.15. The molecule has 0 fully saturated rings. The van der Waals surface area contributed by atoms with Crippen molar-refractivity contribution in [1.82, 2.24) is 14.4 Å². The summed E-state index contributed by atoms with van der Waals surface area (Å²) in [5, 5.41) is 2.17. The van der Waals surface area contributed by atoms with E-state index < -0.39 is 0 Å². The number of nitrogens with zero attached hydrogens (tertiary/aromatic N) is 4. The zero-order chi connectivity index (χ0) is 14.4. The van der Waals surface area contributed by atoms with Gasteiger partial charge in [-0.05, 0) is 30.4 Å². The number of hydrogen-bond acceptors (Lipinski definition) is 6. The highest BCUT2D eigenvalue weighted by atomic mass is 32.1. The fourth-order valence-corrected chi connectivity index (χ4v) is 3.94. The van der Waals surface area contributed by atoms with E-state index in [2.05, 4.69) is 38.7 Å². The summed E-state index contributed by atoms with van der Waals surface area (Å²) in [6.07, 6.45) is 6.58. The van der Waals surface area contributed by atoms with E-state index in [1.807, 2.05) is 28.1 Å². The van der Waals surface area contributed by atoms with Crippen molar-refractivity contribution in [3.63, 3.8) is 0 Å². The van der Waals surface area contributed by atoms with Crippen molar-refractivity contribution >= 4 is 28.6 Å². The number of anilines is 2. The molecule has 1 unspecified atom stereocenters. The molecule has 0 saturated carbocycles. The van der Waals surface area contributed by atoms with Gasteiger partial charge in [0.2, 0.25) is 0 Å². The van der Waals surface area contributed by atoms with Gasteiger partial charge in [-0.1, -0.05) is 0 Å². The lowest BCUT2D eigenvalue weighted by molar-refractivity contribution is 0.625. The van der Waals surface area contributed by atoms with Gasteiger partial charge in [-0.3, -0.25) is 0 Å². The summed E-state index contributed by atoms with van der Waals surface area (Å²) in [4.78, 5) is 12.9. The Labute approximate surface area is 126 Å². The fraction of sp³-hybridized carbons (Fsp3) is 0.286. The normalized spacial score (nSPS) is 18.0. The van der Waals surface area contributed by atoms with Crippen molar-refractivity contribution in [2.24, 2.45) is 5.84 Å². The monoisotopic (exact) mass is 300 g/mol. The highest BCUT2D eigenvalue weighted by Crippen LogP contribution is 2.36. The Kier molecular flexibility index (Phi) is 2.83. The molecule has 4 rings (SSSR count). The second-order valence-electron chi connectivity index (χ2n) is 5.17. The number of fused-ring (bicyclic) bond motifs is 2. The van der Waals surface area contributed by atoms with Crippen molar-refractivity contribution in [2.75, 3.05) is 16.9 Å². The predicted octanol–water partition coefficient (Wildman–Crippen LogP) is 2.20. The molecule has 0 aliphatic carbocycles. The Morgan fingerprint density at radius 2 is 2.38 bits per heavy atom. The molecule has 21 heavy (non-hydrogen) atoms. The van der Waals surface area contributed by atoms with Crippen LogP contribution in [0.2, 0.25) is 0 Å². The SMILES string of the molecule is CC1c2ccsc2CCN1c1nc(NN)cn2ccnc12. The Hall–Kier alpha value is -2.12. The number of nitrogen functional groups attached to an aromatic ring is 1. The van der Waals surface area contributed by atoms with E-state index >= 15 is 0 Å². The van der Waals surface area contributed by atoms with E-state index in [9.17, 15) is 0 Å². The average molecular weight is 300 g/mol. The van der Waals surface area contributed by atoms with Crippen LogP contribution in [0.25, 0.3) is 5.65 Å². The van der Waals surface area contributed by atoms with Gasteiger partial charge in [0.1, 0.15) is 0 Å². The van der Waals surface area contributed by atoms with Crippen molar-refractivity contribution in [3.05, 3.63) is 40.5 Å². The largest absolute Gasteiger partial charge is 0.346 e. The van der Waals surface area contributed by atoms with E-state index in [-0.39, 0.29) is 0 Å². The van der Waals surface area contributed by atoms with Gasteiger partial charge in [-0.25, -0.2) is 15.8 Å². The fourth-order valence-electron chi connectivity index (χ4n) is 2.98. The van der Waals surface area contributed by atoms with Gasteiger partial charge < -0.3 is 14.7 Å². The van der Waals surface area contributed by atoms with Crippen LogP contribution >= 0.6 is 11.3 Å². The third-order valence-corrected chi connectivity index (χ3v) is 5.05. The van der Waals surface area contributed by atoms with E-state index in [1.54, 1.807) is 6.20 Å². The predicted molar refractivity (Wildman–Crippen MR) is 84.6 cm³/mol. The molecule has 1 aliphatic heterocycles. The second-order valence-corrected chi connectivity index (χ2v) is 6.17. The molecule has 0 bridgehead atoms. The third-order valence-electron chi connectivity index (χ3n) is 4.05. The number of aromatic nitrogens is 3. The number of nitrogens with one attached hydrogen (secondary N) is 1. The molecule has 3 aromatic heterocycles. The van der Waals surface area contributed by atoms with Crippen LogP contribution in [0, 0.1) is 0 Å². The molecule has 0 amide bonds. The first-order valence-electron chi connectivity index (χ1n) is 6.91. The number of nitrogens with two attached hydrogens (primary N) is 1. The van der Waals surface area contributed by atoms with Gasteiger partial charge in [0.25, 0.3) is 0 Å². The zero-order valence-electron chi connectivity index (χ0n) is 11.7. The molecule has 7 heteroatoms. The molecule has 108 valence electrons. The summed E-state index contributed by atoms with van der Waals surface area (Å²) in [6, 6.07) is 2.51. The van der Waals surface area contributed by atoms with Crippen LogP contribution in [0.3, 0.4) is 0 Å². The standard InChI is InChI=1S/C14H16N6S/c1-9-10-3-7-21-11(10)2-5-20(9)14-13-16-4-6-19(13)8-12(17-14)18-15/h3-4,6-9,18H,2,5,15H2,1H3. The topological polar surface area (TPSA) is 71.5 Å². The highest BCUT2D eigenvalue weighted by Gasteiger charge is 2.27. The van der Waals surface area contributed by atoms with Crippen LogP contribution in [0.15, 0.2) is 30.0 Å². The molecule has 6 nitrogen and oxygen atoms in total. The maximum atomic E-state index is 5.54. The quantitative estimate of drug-likeness (QED) is 0.561. The minimum atomic E-state index is 0.293. The van der Waals surface area contributed by atoms with Gasteiger partial charge >= 0.3 is 0 Å². The maximum absolute atomic E-state index is 5.54. The number of imidazole rings is 1. The Morgan fingerprint density at radius 1 is 1.48 bits per heavy atom. The molecular formula is C14H16N6S. The minimum absolute atomic E-state index is 0.293. The maximum Gasteiger partial charge on any atom is 0.180 e. The van der Waals surface area contributed by atoms with Crippen LogP contribution in [-0.4, -0.2) is 20.9 Å². The number of hydrazine groups is 1. The van der Waals surface area contributed by atoms with Crippen LogP contribution in [0.1, 0.15) is 23.4 Å². The van der Waals surface area contributed by atoms with E-state index in [4.69, 9.17) is 5.84 Å². The molecule has 0 radical (unpaired) electrons. The molecule has 0 aromatic carbocycles. The Morgan fingerprint density at radius 3 is 3.24 bits per heavy atom. The van der Waals surface area contributed by atoms with Crippen molar-refractivity contribution in [1.29, 1.82) is 0 Å². The summed E-state index contributed by atoms with van der Waals surface area (Å²) in [6.45, 7) is 3.16. The highest BCUT2D eigenvalue weighted by molar-refractivity contribution is 7.10. The Balaban J connectivity index is 1.85. The second kappa shape index (κ2) is 4.71. The third kappa shape index (κ3) is 1.89. The first-order chi connectivity index (χ1) is 10.3. The molecule has 0 saturated heterocycles. The van der Waals surface area contributed by atoms with Crippen LogP contribution < -0.4 is 16.2 Å². The number of rotatable bonds is 2. The van der Waals surface area contributed by atoms with Crippen LogP contribution in [-0.2, 0) is 6.42 Å². The molecular weight excluding hydrogens is 284 g/mol. The van der Waals surface area contributed by atoms with Crippen LogP contribution in [0.4, 0.5) is 11.6 Å². The molecule has 3 N–H and O–H groups in total. The lowest BCUT2D eigenvalue weighted by Gasteiger charge is -2.34. The molecule has 1 aliphatic rings. The van der Waals surface area contributed by atoms with Crippen molar-refractivity contribution in [3.8, 4) is 0 Å². The summed E-state index contributed by atoms with van der Waals surface area (Å²) in [5.41, 5.74) is 4.89. The van der Waals surface area contributed by atoms with Crippen LogP contribution in [0.5, 0.6) is 0 Å². The molecule has 1 atom stereocenters. The molecule has 4 heterocycles. The summed E-state index contributed by atoms with van der Waals surface area (Å²) in [7, 11) is 0. The van der Waals surface area contributed by atoms with Crippen molar-refractivity contribution in [2.45, 2.75) is 19.4 Å².